The molecule has 2 aromatic carbocycles. The Morgan fingerprint density at radius 3 is 2.35 bits per heavy atom. The van der Waals surface area contributed by atoms with Crippen molar-refractivity contribution in [3.05, 3.63) is 70.8 Å². The number of carbonyl (C=O) groups is 1. The minimum absolute atomic E-state index is 0.156. The van der Waals surface area contributed by atoms with Gasteiger partial charge >= 0.3 is 0 Å². The van der Waals surface area contributed by atoms with E-state index < -0.39 is 0 Å². The van der Waals surface area contributed by atoms with Gasteiger partial charge in [0, 0.05) is 0 Å². The normalized spacial score (nSPS) is 12.1. The summed E-state index contributed by atoms with van der Waals surface area (Å²) in [5, 5.41) is 0. The molecule has 0 aromatic heterocycles. The topological polar surface area (TPSA) is 17.1 Å². The molecule has 0 unspecified atom stereocenters. The summed E-state index contributed by atoms with van der Waals surface area (Å²) in [5.74, 6) is -0.156. The molecular formula is C16H16O. The van der Waals surface area contributed by atoms with E-state index in [1.165, 1.54) is 5.56 Å². The van der Waals surface area contributed by atoms with E-state index in [1.54, 1.807) is 0 Å². The molecule has 0 fully saturated rings. The molecule has 0 amide bonds. The number of rotatable bonds is 3. The number of hydrogen-bond acceptors (Lipinski definition) is 1. The molecule has 2 aromatic rings. The van der Waals surface area contributed by atoms with Gasteiger partial charge in [0.25, 0.3) is 0 Å². The largest absolute Gasteiger partial charge is 0.302 e. The van der Waals surface area contributed by atoms with Crippen LogP contribution in [-0.4, -0.2) is 6.29 Å². The maximum atomic E-state index is 11.4. The lowest BCUT2D eigenvalue weighted by molar-refractivity contribution is -0.108. The minimum atomic E-state index is -0.156. The van der Waals surface area contributed by atoms with Crippen molar-refractivity contribution in [1.29, 1.82) is 0 Å². The van der Waals surface area contributed by atoms with E-state index in [0.717, 1.165) is 23.0 Å². The van der Waals surface area contributed by atoms with Crippen molar-refractivity contribution in [2.45, 2.75) is 19.8 Å². The van der Waals surface area contributed by atoms with Gasteiger partial charge < -0.3 is 4.79 Å². The molecule has 86 valence electrons. The van der Waals surface area contributed by atoms with E-state index in [4.69, 9.17) is 0 Å². The summed E-state index contributed by atoms with van der Waals surface area (Å²) in [7, 11) is 0. The summed E-state index contributed by atoms with van der Waals surface area (Å²) < 4.78 is 0. The Labute approximate surface area is 102 Å². The third-order valence-electron chi connectivity index (χ3n) is 3.06. The molecule has 0 bridgehead atoms. The van der Waals surface area contributed by atoms with Gasteiger partial charge in [-0.15, -0.1) is 0 Å². The quantitative estimate of drug-likeness (QED) is 0.727. The summed E-state index contributed by atoms with van der Waals surface area (Å²) in [5.41, 5.74) is 4.51. The van der Waals surface area contributed by atoms with Crippen LogP contribution in [0, 0.1) is 13.8 Å². The van der Waals surface area contributed by atoms with E-state index in [9.17, 15) is 4.79 Å². The van der Waals surface area contributed by atoms with Gasteiger partial charge in [0.05, 0.1) is 5.92 Å². The Balaban J connectivity index is 2.49. The van der Waals surface area contributed by atoms with Crippen molar-refractivity contribution in [3.8, 4) is 0 Å². The molecule has 1 heteroatoms. The second kappa shape index (κ2) is 4.96. The lowest BCUT2D eigenvalue weighted by Gasteiger charge is -2.14. The summed E-state index contributed by atoms with van der Waals surface area (Å²) in [4.78, 5) is 11.4. The number of benzene rings is 2. The Kier molecular flexibility index (Phi) is 3.38. The fraction of sp³-hybridized carbons (Fsp3) is 0.188. The molecule has 0 aliphatic carbocycles. The van der Waals surface area contributed by atoms with Crippen molar-refractivity contribution >= 4 is 6.29 Å². The highest BCUT2D eigenvalue weighted by molar-refractivity contribution is 5.69. The number of aryl methyl sites for hydroxylation is 2. The molecule has 1 nitrogen and oxygen atoms in total. The first-order chi connectivity index (χ1) is 8.22. The van der Waals surface area contributed by atoms with E-state index in [1.807, 2.05) is 37.3 Å². The van der Waals surface area contributed by atoms with Crippen molar-refractivity contribution in [2.24, 2.45) is 0 Å². The van der Waals surface area contributed by atoms with Crippen LogP contribution in [-0.2, 0) is 4.79 Å². The third-order valence-corrected chi connectivity index (χ3v) is 3.06. The van der Waals surface area contributed by atoms with Crippen LogP contribution >= 0.6 is 0 Å². The standard InChI is InChI=1S/C16H16O/c1-12-8-9-13(2)15(10-12)16(11-17)14-6-4-3-5-7-14/h3-11,16H,1-2H3/t16-/m0/s1. The highest BCUT2D eigenvalue weighted by atomic mass is 16.1. The second-order valence-electron chi connectivity index (χ2n) is 4.38. The monoisotopic (exact) mass is 224 g/mol. The van der Waals surface area contributed by atoms with Crippen LogP contribution in [0.25, 0.3) is 0 Å². The van der Waals surface area contributed by atoms with Crippen molar-refractivity contribution in [3.63, 3.8) is 0 Å². The minimum Gasteiger partial charge on any atom is -0.302 e. The highest BCUT2D eigenvalue weighted by Crippen LogP contribution is 2.26. The zero-order chi connectivity index (χ0) is 12.3. The third kappa shape index (κ3) is 2.44. The maximum absolute atomic E-state index is 11.4. The molecule has 17 heavy (non-hydrogen) atoms. The summed E-state index contributed by atoms with van der Waals surface area (Å²) >= 11 is 0. The summed E-state index contributed by atoms with van der Waals surface area (Å²) in [6.45, 7) is 4.10. The zero-order valence-corrected chi connectivity index (χ0v) is 10.2. The molecule has 0 aliphatic heterocycles. The van der Waals surface area contributed by atoms with Crippen LogP contribution < -0.4 is 0 Å². The predicted octanol–water partition coefficient (Wildman–Crippen LogP) is 3.63. The van der Waals surface area contributed by atoms with Crippen LogP contribution in [0.15, 0.2) is 48.5 Å². The van der Waals surface area contributed by atoms with Gasteiger partial charge in [-0.1, -0.05) is 54.1 Å². The summed E-state index contributed by atoms with van der Waals surface area (Å²) in [6, 6.07) is 16.2. The first kappa shape index (κ1) is 11.6. The van der Waals surface area contributed by atoms with Gasteiger partial charge in [0.15, 0.2) is 0 Å². The Morgan fingerprint density at radius 1 is 1.00 bits per heavy atom. The van der Waals surface area contributed by atoms with Gasteiger partial charge in [-0.05, 0) is 30.5 Å². The first-order valence-corrected chi connectivity index (χ1v) is 5.80. The number of aldehydes is 1. The predicted molar refractivity (Wildman–Crippen MR) is 70.3 cm³/mol. The summed E-state index contributed by atoms with van der Waals surface area (Å²) in [6.07, 6.45) is 1.02. The van der Waals surface area contributed by atoms with E-state index in [-0.39, 0.29) is 5.92 Å². The molecule has 0 N–H and O–H groups in total. The first-order valence-electron chi connectivity index (χ1n) is 5.80. The number of hydrogen-bond donors (Lipinski definition) is 0. The van der Waals surface area contributed by atoms with Gasteiger partial charge in [-0.2, -0.15) is 0 Å². The van der Waals surface area contributed by atoms with Gasteiger partial charge in [0.2, 0.25) is 0 Å². The van der Waals surface area contributed by atoms with Crippen molar-refractivity contribution < 1.29 is 4.79 Å². The average molecular weight is 224 g/mol. The Hall–Kier alpha value is -1.89. The van der Waals surface area contributed by atoms with Gasteiger partial charge in [0.1, 0.15) is 6.29 Å². The Morgan fingerprint density at radius 2 is 1.71 bits per heavy atom. The van der Waals surface area contributed by atoms with Crippen LogP contribution in [0.2, 0.25) is 0 Å². The molecule has 0 saturated heterocycles. The molecular weight excluding hydrogens is 208 g/mol. The van der Waals surface area contributed by atoms with E-state index >= 15 is 0 Å². The van der Waals surface area contributed by atoms with E-state index in [0.29, 0.717) is 0 Å². The average Bonchev–Trinajstić information content (AvgIpc) is 2.36. The smallest absolute Gasteiger partial charge is 0.131 e. The molecule has 0 spiro atoms. The van der Waals surface area contributed by atoms with Crippen LogP contribution in [0.3, 0.4) is 0 Å². The zero-order valence-electron chi connectivity index (χ0n) is 10.2. The van der Waals surface area contributed by atoms with Crippen LogP contribution in [0.4, 0.5) is 0 Å². The second-order valence-corrected chi connectivity index (χ2v) is 4.38. The lowest BCUT2D eigenvalue weighted by atomic mass is 9.89. The van der Waals surface area contributed by atoms with Gasteiger partial charge in [-0.3, -0.25) is 0 Å². The number of carbonyl (C=O) groups excluding carboxylic acids is 1. The van der Waals surface area contributed by atoms with Crippen LogP contribution in [0.1, 0.15) is 28.2 Å². The highest BCUT2D eigenvalue weighted by Gasteiger charge is 2.14. The fourth-order valence-electron chi connectivity index (χ4n) is 2.09. The maximum Gasteiger partial charge on any atom is 0.131 e. The fourth-order valence-corrected chi connectivity index (χ4v) is 2.09. The molecule has 0 heterocycles. The molecule has 0 saturated carbocycles. The molecule has 1 atom stereocenters. The van der Waals surface area contributed by atoms with Crippen molar-refractivity contribution in [1.82, 2.24) is 0 Å². The van der Waals surface area contributed by atoms with Gasteiger partial charge in [-0.25, -0.2) is 0 Å². The molecule has 0 aliphatic rings. The Bertz CT molecular complexity index is 514. The SMILES string of the molecule is Cc1ccc(C)c([C@@H](C=O)c2ccccc2)c1. The molecule has 2 rings (SSSR count). The lowest BCUT2D eigenvalue weighted by Crippen LogP contribution is -2.04. The van der Waals surface area contributed by atoms with E-state index in [2.05, 4.69) is 25.1 Å². The molecule has 0 radical (unpaired) electrons. The van der Waals surface area contributed by atoms with Crippen LogP contribution in [0.5, 0.6) is 0 Å². The van der Waals surface area contributed by atoms with Crippen molar-refractivity contribution in [2.75, 3.05) is 0 Å².